The van der Waals surface area contributed by atoms with Gasteiger partial charge >= 0.3 is 6.01 Å². The van der Waals surface area contributed by atoms with Gasteiger partial charge in [0.2, 0.25) is 4.96 Å². The first-order valence-electron chi connectivity index (χ1n) is 2.56. The molecule has 6 heteroatoms. The molecule has 2 rings (SSSR count). The van der Waals surface area contributed by atoms with Gasteiger partial charge in [-0.05, 0) is 0 Å². The molecule has 2 heterocycles. The van der Waals surface area contributed by atoms with Crippen LogP contribution in [0.5, 0.6) is 6.01 Å². The summed E-state index contributed by atoms with van der Waals surface area (Å²) in [7, 11) is 0. The smallest absolute Gasteiger partial charge is 0.334 e. The summed E-state index contributed by atoms with van der Waals surface area (Å²) in [5, 5.41) is 14.1. The molecule has 10 heavy (non-hydrogen) atoms. The molecule has 0 aliphatic carbocycles. The Hall–Kier alpha value is -1.30. The fourth-order valence-electron chi connectivity index (χ4n) is 0.695. The summed E-state index contributed by atoms with van der Waals surface area (Å²) >= 11 is 1.34. The molecule has 0 spiro atoms. The van der Waals surface area contributed by atoms with Crippen LogP contribution in [-0.4, -0.2) is 19.7 Å². The van der Waals surface area contributed by atoms with Crippen molar-refractivity contribution in [2.75, 3.05) is 5.73 Å². The molecule has 0 radical (unpaired) electrons. The van der Waals surface area contributed by atoms with Gasteiger partial charge in [-0.1, -0.05) is 0 Å². The van der Waals surface area contributed by atoms with Crippen molar-refractivity contribution in [1.82, 2.24) is 14.6 Å². The van der Waals surface area contributed by atoms with E-state index in [-0.39, 0.29) is 6.01 Å². The fraction of sp³-hybridized carbons (Fsp3) is 0. The quantitative estimate of drug-likeness (QED) is 0.566. The Labute approximate surface area is 59.7 Å². The molecule has 0 aliphatic rings. The second-order valence-corrected chi connectivity index (χ2v) is 2.60. The van der Waals surface area contributed by atoms with Crippen molar-refractivity contribution in [2.24, 2.45) is 0 Å². The summed E-state index contributed by atoms with van der Waals surface area (Å²) in [6, 6.07) is -0.237. The number of aromatic hydroxyl groups is 1. The molecule has 0 amide bonds. The van der Waals surface area contributed by atoms with Crippen LogP contribution in [0.3, 0.4) is 0 Å². The average Bonchev–Trinajstić information content (AvgIpc) is 2.35. The first-order valence-corrected chi connectivity index (χ1v) is 3.44. The number of hydrogen-bond donors (Lipinski definition) is 2. The van der Waals surface area contributed by atoms with Crippen LogP contribution in [0.2, 0.25) is 0 Å². The average molecular weight is 156 g/mol. The molecule has 0 saturated carbocycles. The third kappa shape index (κ3) is 0.561. The monoisotopic (exact) mass is 156 g/mol. The number of nitrogens with two attached hydrogens (primary N) is 1. The maximum absolute atomic E-state index is 8.78. The van der Waals surface area contributed by atoms with Gasteiger partial charge in [-0.25, -0.2) is 0 Å². The van der Waals surface area contributed by atoms with Gasteiger partial charge in [0.15, 0.2) is 0 Å². The Kier molecular flexibility index (Phi) is 0.877. The van der Waals surface area contributed by atoms with Gasteiger partial charge < -0.3 is 10.8 Å². The van der Waals surface area contributed by atoms with Gasteiger partial charge in [-0.2, -0.15) is 9.50 Å². The molecule has 0 unspecified atom stereocenters. The van der Waals surface area contributed by atoms with Gasteiger partial charge in [-0.3, -0.25) is 0 Å². The molecule has 0 aliphatic heterocycles. The van der Waals surface area contributed by atoms with Crippen molar-refractivity contribution in [2.45, 2.75) is 0 Å². The predicted octanol–water partition coefficient (Wildman–Crippen LogP) is 0.0786. The molecule has 0 fully saturated rings. The number of nitrogen functional groups attached to an aromatic ring is 1. The highest BCUT2D eigenvalue weighted by Crippen LogP contribution is 2.17. The fourth-order valence-corrected chi connectivity index (χ4v) is 1.40. The van der Waals surface area contributed by atoms with E-state index in [9.17, 15) is 0 Å². The van der Waals surface area contributed by atoms with E-state index in [1.165, 1.54) is 15.9 Å². The summed E-state index contributed by atoms with van der Waals surface area (Å²) < 4.78 is 1.39. The number of nitrogens with zero attached hydrogens (tertiary/aromatic N) is 3. The zero-order valence-corrected chi connectivity index (χ0v) is 5.67. The number of aromatic nitrogens is 3. The van der Waals surface area contributed by atoms with Crippen LogP contribution in [0, 0.1) is 0 Å². The largest absolute Gasteiger partial charge is 0.478 e. The first kappa shape index (κ1) is 5.48. The first-order chi connectivity index (χ1) is 4.77. The Bertz CT molecular complexity index is 364. The molecular weight excluding hydrogens is 152 g/mol. The van der Waals surface area contributed by atoms with Crippen molar-refractivity contribution >= 4 is 22.1 Å². The normalized spacial score (nSPS) is 10.8. The Morgan fingerprint density at radius 2 is 2.50 bits per heavy atom. The predicted molar refractivity (Wildman–Crippen MR) is 36.9 cm³/mol. The van der Waals surface area contributed by atoms with Crippen LogP contribution in [-0.2, 0) is 0 Å². The van der Waals surface area contributed by atoms with Crippen molar-refractivity contribution in [3.63, 3.8) is 0 Å². The van der Waals surface area contributed by atoms with Crippen molar-refractivity contribution in [1.29, 1.82) is 0 Å². The number of hydrogen-bond acceptors (Lipinski definition) is 5. The van der Waals surface area contributed by atoms with Gasteiger partial charge in [0.05, 0.1) is 0 Å². The lowest BCUT2D eigenvalue weighted by Gasteiger charge is -1.81. The van der Waals surface area contributed by atoms with E-state index in [0.717, 1.165) is 0 Å². The van der Waals surface area contributed by atoms with Crippen LogP contribution in [0.1, 0.15) is 0 Å². The second kappa shape index (κ2) is 1.60. The molecule has 5 nitrogen and oxygen atoms in total. The molecule has 0 atom stereocenters. The van der Waals surface area contributed by atoms with E-state index < -0.39 is 0 Å². The molecule has 0 saturated heterocycles. The van der Waals surface area contributed by atoms with E-state index in [0.29, 0.717) is 10.8 Å². The van der Waals surface area contributed by atoms with Crippen molar-refractivity contribution in [3.05, 3.63) is 5.38 Å². The van der Waals surface area contributed by atoms with Crippen molar-refractivity contribution < 1.29 is 5.11 Å². The van der Waals surface area contributed by atoms with Crippen LogP contribution in [0.15, 0.2) is 5.38 Å². The third-order valence-corrected chi connectivity index (χ3v) is 1.93. The Morgan fingerprint density at radius 3 is 3.20 bits per heavy atom. The SMILES string of the molecule is Nc1csc2nc(O)nn12. The minimum Gasteiger partial charge on any atom is -0.478 e. The van der Waals surface area contributed by atoms with Crippen LogP contribution in [0.4, 0.5) is 5.82 Å². The highest BCUT2D eigenvalue weighted by Gasteiger charge is 2.04. The maximum Gasteiger partial charge on any atom is 0.334 e. The van der Waals surface area contributed by atoms with E-state index in [1.54, 1.807) is 5.38 Å². The number of anilines is 1. The van der Waals surface area contributed by atoms with E-state index in [2.05, 4.69) is 10.1 Å². The topological polar surface area (TPSA) is 76.4 Å². The summed E-state index contributed by atoms with van der Waals surface area (Å²) in [6.45, 7) is 0. The number of fused-ring (bicyclic) bond motifs is 1. The van der Waals surface area contributed by atoms with Crippen LogP contribution >= 0.6 is 11.3 Å². The third-order valence-electron chi connectivity index (χ3n) is 1.10. The van der Waals surface area contributed by atoms with Gasteiger partial charge in [0, 0.05) is 5.38 Å². The van der Waals surface area contributed by atoms with E-state index >= 15 is 0 Å². The lowest BCUT2D eigenvalue weighted by molar-refractivity contribution is 0.431. The minimum atomic E-state index is -0.237. The lowest BCUT2D eigenvalue weighted by Crippen LogP contribution is -1.91. The number of rotatable bonds is 0. The summed E-state index contributed by atoms with van der Waals surface area (Å²) in [5.74, 6) is 0.493. The molecule has 0 bridgehead atoms. The second-order valence-electron chi connectivity index (χ2n) is 1.77. The standard InChI is InChI=1S/C4H4N4OS/c5-2-1-10-4-6-3(9)7-8(2)4/h1H,5H2,(H,7,9). The van der Waals surface area contributed by atoms with Gasteiger partial charge in [0.1, 0.15) is 5.82 Å². The molecule has 2 aromatic heterocycles. The zero-order valence-electron chi connectivity index (χ0n) is 4.85. The summed E-state index contributed by atoms with van der Waals surface area (Å²) in [6.07, 6.45) is 0. The highest BCUT2D eigenvalue weighted by molar-refractivity contribution is 7.15. The lowest BCUT2D eigenvalue weighted by atomic mass is 10.8. The van der Waals surface area contributed by atoms with Crippen LogP contribution < -0.4 is 5.73 Å². The maximum atomic E-state index is 8.78. The summed E-state index contributed by atoms with van der Waals surface area (Å²) in [5.41, 5.74) is 5.45. The van der Waals surface area contributed by atoms with Crippen LogP contribution in [0.25, 0.3) is 4.96 Å². The molecular formula is C4H4N4OS. The Balaban J connectivity index is 2.90. The summed E-state index contributed by atoms with van der Waals surface area (Å²) in [4.78, 5) is 4.29. The molecule has 3 N–H and O–H groups in total. The Morgan fingerprint density at radius 1 is 1.70 bits per heavy atom. The highest BCUT2D eigenvalue weighted by atomic mass is 32.1. The zero-order chi connectivity index (χ0) is 7.14. The molecule has 0 aromatic carbocycles. The van der Waals surface area contributed by atoms with E-state index in [1.807, 2.05) is 0 Å². The van der Waals surface area contributed by atoms with Gasteiger partial charge in [-0.15, -0.1) is 16.4 Å². The van der Waals surface area contributed by atoms with E-state index in [4.69, 9.17) is 10.8 Å². The molecule has 2 aromatic rings. The number of thiazole rings is 1. The van der Waals surface area contributed by atoms with Gasteiger partial charge in [0.25, 0.3) is 0 Å². The minimum absolute atomic E-state index is 0.237. The van der Waals surface area contributed by atoms with Crippen molar-refractivity contribution in [3.8, 4) is 6.01 Å². The molecule has 52 valence electrons.